The number of carbonyl (C=O) groups excluding carboxylic acids is 1. The molecule has 0 aliphatic carbocycles. The Balaban J connectivity index is 1.54. The number of nitrogens with one attached hydrogen (secondary N) is 1. The van der Waals surface area contributed by atoms with E-state index >= 15 is 0 Å². The van der Waals surface area contributed by atoms with E-state index in [1.165, 1.54) is 0 Å². The lowest BCUT2D eigenvalue weighted by Gasteiger charge is -2.38. The molecule has 1 aromatic heterocycles. The lowest BCUT2D eigenvalue weighted by molar-refractivity contribution is -0.141. The molecule has 2 aliphatic rings. The fourth-order valence-corrected chi connectivity index (χ4v) is 4.05. The Hall–Kier alpha value is -2.35. The Kier molecular flexibility index (Phi) is 5.14. The molecule has 2 aromatic rings. The third kappa shape index (κ3) is 3.78. The minimum atomic E-state index is -4.50. The molecule has 3 heterocycles. The van der Waals surface area contributed by atoms with Gasteiger partial charge in [-0.2, -0.15) is 13.2 Å². The van der Waals surface area contributed by atoms with E-state index in [9.17, 15) is 18.0 Å². The van der Waals surface area contributed by atoms with E-state index < -0.39 is 11.9 Å². The number of piperazine rings is 1. The second kappa shape index (κ2) is 7.58. The van der Waals surface area contributed by atoms with Crippen LogP contribution in [0.4, 0.5) is 18.9 Å². The first-order valence-corrected chi connectivity index (χ1v) is 9.65. The topological polar surface area (TPSA) is 48.5 Å². The molecule has 1 N–H and O–H groups in total. The van der Waals surface area contributed by atoms with Crippen molar-refractivity contribution in [2.24, 2.45) is 5.92 Å². The van der Waals surface area contributed by atoms with Crippen LogP contribution in [-0.2, 0) is 11.0 Å². The number of halogens is 3. The number of carbonyl (C=O) groups is 1. The quantitative estimate of drug-likeness (QED) is 0.854. The second-order valence-electron chi connectivity index (χ2n) is 7.40. The molecule has 2 saturated heterocycles. The fraction of sp³-hybridized carbons (Fsp3) is 0.500. The standard InChI is InChI=1S/C20H23F3N4O/c21-20(22,23)18-12-17(15-5-1-2-6-16(15)25-18)26-8-10-27(11-9-26)19(28)14-4-3-7-24-13-14/h1-2,5-6,12,14,24H,3-4,7-11,13H2. The van der Waals surface area contributed by atoms with Crippen LogP contribution in [0, 0.1) is 5.92 Å². The number of benzene rings is 1. The average molecular weight is 392 g/mol. The van der Waals surface area contributed by atoms with Gasteiger partial charge in [0.2, 0.25) is 5.91 Å². The Bertz CT molecular complexity index is 856. The summed E-state index contributed by atoms with van der Waals surface area (Å²) in [4.78, 5) is 20.3. The Labute approximate surface area is 161 Å². The Morgan fingerprint density at radius 3 is 2.57 bits per heavy atom. The molecule has 8 heteroatoms. The summed E-state index contributed by atoms with van der Waals surface area (Å²) in [7, 11) is 0. The number of nitrogens with zero attached hydrogens (tertiary/aromatic N) is 3. The first-order chi connectivity index (χ1) is 13.4. The van der Waals surface area contributed by atoms with Gasteiger partial charge in [-0.25, -0.2) is 4.98 Å². The molecule has 5 nitrogen and oxygen atoms in total. The number of aromatic nitrogens is 1. The van der Waals surface area contributed by atoms with Crippen LogP contribution in [0.2, 0.25) is 0 Å². The van der Waals surface area contributed by atoms with Gasteiger partial charge in [-0.05, 0) is 31.5 Å². The van der Waals surface area contributed by atoms with Gasteiger partial charge in [-0.15, -0.1) is 0 Å². The zero-order valence-electron chi connectivity index (χ0n) is 15.5. The highest BCUT2D eigenvalue weighted by atomic mass is 19.4. The summed E-state index contributed by atoms with van der Waals surface area (Å²) in [6, 6.07) is 8.02. The van der Waals surface area contributed by atoms with E-state index in [0.29, 0.717) is 49.3 Å². The number of piperidine rings is 1. The normalized spacial score (nSPS) is 21.2. The SMILES string of the molecule is O=C(C1CCCNC1)N1CCN(c2cc(C(F)(F)F)nc3ccccc23)CC1. The highest BCUT2D eigenvalue weighted by molar-refractivity contribution is 5.92. The lowest BCUT2D eigenvalue weighted by Crippen LogP contribution is -2.52. The van der Waals surface area contributed by atoms with Crippen molar-refractivity contribution in [1.29, 1.82) is 0 Å². The van der Waals surface area contributed by atoms with Crippen molar-refractivity contribution in [3.05, 3.63) is 36.0 Å². The van der Waals surface area contributed by atoms with Crippen LogP contribution in [0.3, 0.4) is 0 Å². The molecule has 1 unspecified atom stereocenters. The van der Waals surface area contributed by atoms with Gasteiger partial charge in [0.05, 0.1) is 11.4 Å². The van der Waals surface area contributed by atoms with Crippen molar-refractivity contribution in [2.45, 2.75) is 19.0 Å². The van der Waals surface area contributed by atoms with Crippen molar-refractivity contribution in [3.63, 3.8) is 0 Å². The number of hydrogen-bond acceptors (Lipinski definition) is 4. The number of fused-ring (bicyclic) bond motifs is 1. The molecule has 0 radical (unpaired) electrons. The number of anilines is 1. The molecule has 1 atom stereocenters. The summed E-state index contributed by atoms with van der Waals surface area (Å²) in [5.74, 6) is 0.168. The van der Waals surface area contributed by atoms with Crippen molar-refractivity contribution in [2.75, 3.05) is 44.2 Å². The molecule has 2 aliphatic heterocycles. The van der Waals surface area contributed by atoms with Gasteiger partial charge >= 0.3 is 6.18 Å². The predicted molar refractivity (Wildman–Crippen MR) is 101 cm³/mol. The Morgan fingerprint density at radius 2 is 1.89 bits per heavy atom. The number of amides is 1. The average Bonchev–Trinajstić information content (AvgIpc) is 2.72. The maximum absolute atomic E-state index is 13.3. The van der Waals surface area contributed by atoms with Crippen LogP contribution in [0.5, 0.6) is 0 Å². The van der Waals surface area contributed by atoms with Crippen LogP contribution in [0.25, 0.3) is 10.9 Å². The largest absolute Gasteiger partial charge is 0.433 e. The minimum absolute atomic E-state index is 0.0129. The van der Waals surface area contributed by atoms with E-state index in [-0.39, 0.29) is 11.8 Å². The van der Waals surface area contributed by atoms with Gasteiger partial charge in [0.25, 0.3) is 0 Å². The first kappa shape index (κ1) is 19.0. The molecule has 0 bridgehead atoms. The zero-order chi connectivity index (χ0) is 19.7. The molecule has 28 heavy (non-hydrogen) atoms. The van der Waals surface area contributed by atoms with Crippen molar-refractivity contribution >= 4 is 22.5 Å². The summed E-state index contributed by atoms with van der Waals surface area (Å²) in [6.45, 7) is 3.73. The molecule has 1 aromatic carbocycles. The molecule has 4 rings (SSSR count). The van der Waals surface area contributed by atoms with Crippen LogP contribution < -0.4 is 10.2 Å². The van der Waals surface area contributed by atoms with Crippen molar-refractivity contribution < 1.29 is 18.0 Å². The first-order valence-electron chi connectivity index (χ1n) is 9.65. The lowest BCUT2D eigenvalue weighted by atomic mass is 9.98. The van der Waals surface area contributed by atoms with Gasteiger partial charge < -0.3 is 15.1 Å². The summed E-state index contributed by atoms with van der Waals surface area (Å²) < 4.78 is 39.9. The second-order valence-corrected chi connectivity index (χ2v) is 7.40. The van der Waals surface area contributed by atoms with Gasteiger partial charge in [0.1, 0.15) is 5.69 Å². The van der Waals surface area contributed by atoms with E-state index in [4.69, 9.17) is 0 Å². The van der Waals surface area contributed by atoms with Gasteiger partial charge in [-0.1, -0.05) is 18.2 Å². The summed E-state index contributed by atoms with van der Waals surface area (Å²) in [5, 5.41) is 3.96. The smallest absolute Gasteiger partial charge is 0.367 e. The minimum Gasteiger partial charge on any atom is -0.367 e. The Morgan fingerprint density at radius 1 is 1.14 bits per heavy atom. The number of pyridine rings is 1. The molecule has 150 valence electrons. The van der Waals surface area contributed by atoms with Crippen molar-refractivity contribution in [1.82, 2.24) is 15.2 Å². The monoisotopic (exact) mass is 392 g/mol. The molecule has 0 spiro atoms. The third-order valence-electron chi connectivity index (χ3n) is 5.56. The van der Waals surface area contributed by atoms with E-state index in [1.54, 1.807) is 24.3 Å². The molecule has 0 saturated carbocycles. The third-order valence-corrected chi connectivity index (χ3v) is 5.56. The van der Waals surface area contributed by atoms with Crippen LogP contribution in [0.15, 0.2) is 30.3 Å². The number of hydrogen-bond donors (Lipinski definition) is 1. The summed E-state index contributed by atoms with van der Waals surface area (Å²) >= 11 is 0. The van der Waals surface area contributed by atoms with Gasteiger partial charge in [0.15, 0.2) is 0 Å². The number of alkyl halides is 3. The van der Waals surface area contributed by atoms with E-state index in [0.717, 1.165) is 25.5 Å². The predicted octanol–water partition coefficient (Wildman–Crippen LogP) is 2.90. The summed E-state index contributed by atoms with van der Waals surface area (Å²) in [5.41, 5.74) is -0.0172. The highest BCUT2D eigenvalue weighted by Gasteiger charge is 2.35. The maximum atomic E-state index is 13.3. The van der Waals surface area contributed by atoms with Gasteiger partial charge in [-0.3, -0.25) is 4.79 Å². The van der Waals surface area contributed by atoms with Crippen LogP contribution in [0.1, 0.15) is 18.5 Å². The van der Waals surface area contributed by atoms with Crippen LogP contribution >= 0.6 is 0 Å². The summed E-state index contributed by atoms with van der Waals surface area (Å²) in [6.07, 6.45) is -2.60. The van der Waals surface area contributed by atoms with Crippen LogP contribution in [-0.4, -0.2) is 55.1 Å². The molecule has 2 fully saturated rings. The number of para-hydroxylation sites is 1. The molecule has 1 amide bonds. The van der Waals surface area contributed by atoms with E-state index in [1.807, 2.05) is 9.80 Å². The zero-order valence-corrected chi connectivity index (χ0v) is 15.5. The molecular weight excluding hydrogens is 369 g/mol. The maximum Gasteiger partial charge on any atom is 0.433 e. The fourth-order valence-electron chi connectivity index (χ4n) is 4.05. The number of rotatable bonds is 2. The van der Waals surface area contributed by atoms with Crippen molar-refractivity contribution in [3.8, 4) is 0 Å². The van der Waals surface area contributed by atoms with Gasteiger partial charge in [0, 0.05) is 43.8 Å². The van der Waals surface area contributed by atoms with E-state index in [2.05, 4.69) is 10.3 Å². The molecular formula is C20H23F3N4O. The highest BCUT2D eigenvalue weighted by Crippen LogP contribution is 2.35.